The molecule has 0 atom stereocenters. The largest absolute Gasteiger partial charge is 0.360 e. The van der Waals surface area contributed by atoms with Crippen LogP contribution in [0.25, 0.3) is 11.3 Å². The van der Waals surface area contributed by atoms with Crippen molar-refractivity contribution < 1.29 is 0 Å². The molecule has 3 aromatic rings. The molecule has 0 fully saturated rings. The van der Waals surface area contributed by atoms with E-state index in [1.165, 1.54) is 0 Å². The quantitative estimate of drug-likeness (QED) is 0.708. The van der Waals surface area contributed by atoms with Gasteiger partial charge in [0.1, 0.15) is 11.6 Å². The number of nitrogens with one attached hydrogen (secondary N) is 2. The monoisotopic (exact) mass is 292 g/mol. The molecule has 0 aliphatic carbocycles. The molecule has 8 heteroatoms. The lowest BCUT2D eigenvalue weighted by Gasteiger charge is -2.09. The summed E-state index contributed by atoms with van der Waals surface area (Å²) in [4.78, 5) is 4.03. The van der Waals surface area contributed by atoms with Crippen molar-refractivity contribution in [3.8, 4) is 11.8 Å². The van der Waals surface area contributed by atoms with Gasteiger partial charge in [-0.25, -0.2) is 4.98 Å². The van der Waals surface area contributed by atoms with Gasteiger partial charge >= 0.3 is 0 Å². The van der Waals surface area contributed by atoms with Gasteiger partial charge < -0.3 is 9.88 Å². The third kappa shape index (κ3) is 2.69. The molecule has 0 bridgehead atoms. The van der Waals surface area contributed by atoms with Crippen LogP contribution in [0.2, 0.25) is 0 Å². The molecule has 0 saturated heterocycles. The summed E-state index contributed by atoms with van der Waals surface area (Å²) in [5.41, 5.74) is 3.24. The molecule has 0 aliphatic rings. The Morgan fingerprint density at radius 1 is 1.45 bits per heavy atom. The van der Waals surface area contributed by atoms with E-state index in [0.717, 1.165) is 16.9 Å². The number of imidazole rings is 1. The first-order chi connectivity index (χ1) is 10.8. The smallest absolute Gasteiger partial charge is 0.216 e. The van der Waals surface area contributed by atoms with Gasteiger partial charge in [-0.3, -0.25) is 0 Å². The van der Waals surface area contributed by atoms with Crippen LogP contribution in [0, 0.1) is 18.3 Å². The van der Waals surface area contributed by atoms with Gasteiger partial charge in [0.05, 0.1) is 6.33 Å². The maximum atomic E-state index is 9.12. The van der Waals surface area contributed by atoms with Crippen molar-refractivity contribution in [2.45, 2.75) is 6.92 Å². The SMILES string of the molecule is Cc1cc(-n2ccnc2)ccc1NC=C(C#N)c1nn[nH]n1. The van der Waals surface area contributed by atoms with Crippen LogP contribution in [-0.4, -0.2) is 30.2 Å². The Morgan fingerprint density at radius 3 is 3.00 bits per heavy atom. The van der Waals surface area contributed by atoms with Crippen molar-refractivity contribution in [3.63, 3.8) is 0 Å². The Kier molecular flexibility index (Phi) is 3.61. The fraction of sp³-hybridized carbons (Fsp3) is 0.0714. The molecule has 3 rings (SSSR count). The van der Waals surface area contributed by atoms with Gasteiger partial charge in [0.15, 0.2) is 0 Å². The Balaban J connectivity index is 1.83. The van der Waals surface area contributed by atoms with E-state index >= 15 is 0 Å². The number of tetrazole rings is 1. The highest BCUT2D eigenvalue weighted by Gasteiger charge is 2.06. The summed E-state index contributed by atoms with van der Waals surface area (Å²) in [5.74, 6) is 0.252. The fourth-order valence-corrected chi connectivity index (χ4v) is 1.95. The Bertz CT molecular complexity index is 824. The lowest BCUT2D eigenvalue weighted by molar-refractivity contribution is 0.881. The highest BCUT2D eigenvalue weighted by atomic mass is 15.5. The van der Waals surface area contributed by atoms with E-state index in [9.17, 15) is 0 Å². The zero-order valence-electron chi connectivity index (χ0n) is 11.7. The number of aromatic amines is 1. The fourth-order valence-electron chi connectivity index (χ4n) is 1.95. The Labute approximate surface area is 126 Å². The second-order valence-corrected chi connectivity index (χ2v) is 4.52. The van der Waals surface area contributed by atoms with E-state index in [4.69, 9.17) is 5.26 Å². The lowest BCUT2D eigenvalue weighted by Crippen LogP contribution is -1.97. The maximum absolute atomic E-state index is 9.12. The van der Waals surface area contributed by atoms with E-state index in [-0.39, 0.29) is 5.82 Å². The average Bonchev–Trinajstić information content (AvgIpc) is 3.22. The van der Waals surface area contributed by atoms with E-state index < -0.39 is 0 Å². The van der Waals surface area contributed by atoms with Crippen LogP contribution in [0.4, 0.5) is 5.69 Å². The molecule has 2 N–H and O–H groups in total. The molecule has 0 aliphatic heterocycles. The molecule has 0 unspecified atom stereocenters. The van der Waals surface area contributed by atoms with Crippen LogP contribution in [-0.2, 0) is 0 Å². The minimum atomic E-state index is 0.252. The van der Waals surface area contributed by atoms with Gasteiger partial charge in [0.2, 0.25) is 5.82 Å². The molecule has 22 heavy (non-hydrogen) atoms. The molecule has 0 spiro atoms. The molecule has 2 aromatic heterocycles. The molecule has 0 radical (unpaired) electrons. The summed E-state index contributed by atoms with van der Waals surface area (Å²) >= 11 is 0. The molecule has 108 valence electrons. The summed E-state index contributed by atoms with van der Waals surface area (Å²) in [6, 6.07) is 7.96. The summed E-state index contributed by atoms with van der Waals surface area (Å²) in [5, 5.41) is 25.5. The number of aromatic nitrogens is 6. The minimum absolute atomic E-state index is 0.252. The van der Waals surface area contributed by atoms with Gasteiger partial charge in [0, 0.05) is 30.0 Å². The number of allylic oxidation sites excluding steroid dienone is 1. The van der Waals surface area contributed by atoms with Crippen LogP contribution in [0.5, 0.6) is 0 Å². The number of nitriles is 1. The number of nitrogens with zero attached hydrogens (tertiary/aromatic N) is 6. The molecule has 1 aromatic carbocycles. The Morgan fingerprint density at radius 2 is 2.36 bits per heavy atom. The normalized spacial score (nSPS) is 11.2. The van der Waals surface area contributed by atoms with Gasteiger partial charge in [-0.05, 0) is 35.9 Å². The zero-order valence-corrected chi connectivity index (χ0v) is 11.7. The van der Waals surface area contributed by atoms with Gasteiger partial charge in [-0.2, -0.15) is 10.5 Å². The summed E-state index contributed by atoms with van der Waals surface area (Å²) in [6.45, 7) is 1.98. The molecule has 0 saturated carbocycles. The van der Waals surface area contributed by atoms with Crippen molar-refractivity contribution in [3.05, 3.63) is 54.5 Å². The summed E-state index contributed by atoms with van der Waals surface area (Å²) < 4.78 is 1.92. The average molecular weight is 292 g/mol. The third-order valence-electron chi connectivity index (χ3n) is 3.09. The Hall–Kier alpha value is -3.47. The predicted molar refractivity (Wildman–Crippen MR) is 79.7 cm³/mol. The second-order valence-electron chi connectivity index (χ2n) is 4.52. The van der Waals surface area contributed by atoms with E-state index in [1.54, 1.807) is 18.7 Å². The van der Waals surface area contributed by atoms with Crippen LogP contribution in [0.15, 0.2) is 43.1 Å². The second kappa shape index (κ2) is 5.88. The van der Waals surface area contributed by atoms with Crippen molar-refractivity contribution in [2.75, 3.05) is 5.32 Å². The molecule has 2 heterocycles. The highest BCUT2D eigenvalue weighted by Crippen LogP contribution is 2.20. The summed E-state index contributed by atoms with van der Waals surface area (Å²) in [6.07, 6.45) is 6.91. The first-order valence-corrected chi connectivity index (χ1v) is 6.47. The van der Waals surface area contributed by atoms with Crippen molar-refractivity contribution in [1.29, 1.82) is 5.26 Å². The number of hydrogen-bond acceptors (Lipinski definition) is 6. The van der Waals surface area contributed by atoms with Gasteiger partial charge in [-0.1, -0.05) is 0 Å². The standard InChI is InChI=1S/C14H12N8/c1-10-6-12(22-5-4-16-9-22)2-3-13(10)17-8-11(7-15)14-18-20-21-19-14/h2-6,8-9,17H,1H3,(H,18,19,20,21). The first-order valence-electron chi connectivity index (χ1n) is 6.47. The molecular weight excluding hydrogens is 280 g/mol. The highest BCUT2D eigenvalue weighted by molar-refractivity contribution is 5.74. The van der Waals surface area contributed by atoms with Crippen LogP contribution < -0.4 is 5.32 Å². The molecule has 0 amide bonds. The number of rotatable bonds is 4. The van der Waals surface area contributed by atoms with Crippen LogP contribution >= 0.6 is 0 Å². The van der Waals surface area contributed by atoms with E-state index in [1.807, 2.05) is 42.0 Å². The minimum Gasteiger partial charge on any atom is -0.360 e. The topological polar surface area (TPSA) is 108 Å². The summed E-state index contributed by atoms with van der Waals surface area (Å²) in [7, 11) is 0. The van der Waals surface area contributed by atoms with E-state index in [2.05, 4.69) is 30.9 Å². The van der Waals surface area contributed by atoms with Gasteiger partial charge in [0.25, 0.3) is 0 Å². The molecular formula is C14H12N8. The number of anilines is 1. The zero-order chi connectivity index (χ0) is 15.4. The molecule has 8 nitrogen and oxygen atoms in total. The maximum Gasteiger partial charge on any atom is 0.216 e. The number of aryl methyl sites for hydroxylation is 1. The van der Waals surface area contributed by atoms with Crippen molar-refractivity contribution in [1.82, 2.24) is 30.2 Å². The predicted octanol–water partition coefficient (Wildman–Crippen LogP) is 1.67. The first kappa shape index (κ1) is 13.5. The lowest BCUT2D eigenvalue weighted by atomic mass is 10.1. The number of benzene rings is 1. The van der Waals surface area contributed by atoms with Crippen molar-refractivity contribution >= 4 is 11.3 Å². The van der Waals surface area contributed by atoms with E-state index in [0.29, 0.717) is 5.57 Å². The number of H-pyrrole nitrogens is 1. The number of hydrogen-bond donors (Lipinski definition) is 2. The van der Waals surface area contributed by atoms with Crippen LogP contribution in [0.1, 0.15) is 11.4 Å². The third-order valence-corrected chi connectivity index (χ3v) is 3.09. The van der Waals surface area contributed by atoms with Crippen LogP contribution in [0.3, 0.4) is 0 Å². The van der Waals surface area contributed by atoms with Gasteiger partial charge in [-0.15, -0.1) is 10.2 Å². The van der Waals surface area contributed by atoms with Crippen molar-refractivity contribution in [2.24, 2.45) is 0 Å².